The second kappa shape index (κ2) is 6.58. The first-order valence-electron chi connectivity index (χ1n) is 7.77. The number of carbonyl (C=O) groups excluding carboxylic acids is 1. The normalized spacial score (nSPS) is 18.0. The third-order valence-corrected chi connectivity index (χ3v) is 5.81. The highest BCUT2D eigenvalue weighted by atomic mass is 35.5. The van der Waals surface area contributed by atoms with E-state index in [0.29, 0.717) is 16.7 Å². The molecule has 120 valence electrons. The third kappa shape index (κ3) is 3.26. The van der Waals surface area contributed by atoms with Crippen molar-refractivity contribution < 1.29 is 4.79 Å². The molecule has 0 bridgehead atoms. The average Bonchev–Trinajstić information content (AvgIpc) is 2.92. The van der Waals surface area contributed by atoms with Crippen LogP contribution in [0, 0.1) is 6.92 Å². The van der Waals surface area contributed by atoms with Crippen molar-refractivity contribution >= 4 is 35.0 Å². The van der Waals surface area contributed by atoms with Gasteiger partial charge in [-0.15, -0.1) is 11.8 Å². The highest BCUT2D eigenvalue weighted by Crippen LogP contribution is 2.42. The van der Waals surface area contributed by atoms with Crippen molar-refractivity contribution in [2.24, 2.45) is 0 Å². The zero-order valence-electron chi connectivity index (χ0n) is 13.5. The van der Waals surface area contributed by atoms with Crippen molar-refractivity contribution in [1.29, 1.82) is 0 Å². The Hall–Kier alpha value is -1.45. The maximum absolute atomic E-state index is 12.4. The molecule has 1 heterocycles. The number of carbonyl (C=O) groups is 1. The molecule has 1 saturated heterocycles. The number of anilines is 1. The van der Waals surface area contributed by atoms with Crippen LogP contribution in [0.5, 0.6) is 0 Å². The van der Waals surface area contributed by atoms with Crippen LogP contribution in [0.2, 0.25) is 5.02 Å². The predicted molar refractivity (Wildman–Crippen MR) is 99.4 cm³/mol. The smallest absolute Gasteiger partial charge is 0.238 e. The largest absolute Gasteiger partial charge is 0.295 e. The van der Waals surface area contributed by atoms with E-state index in [-0.39, 0.29) is 11.3 Å². The molecule has 23 heavy (non-hydrogen) atoms. The molecular formula is C19H20ClNOS. The lowest BCUT2D eigenvalue weighted by molar-refractivity contribution is -0.115. The van der Waals surface area contributed by atoms with Gasteiger partial charge < -0.3 is 0 Å². The second-order valence-corrected chi connectivity index (χ2v) is 7.66. The Balaban J connectivity index is 1.94. The van der Waals surface area contributed by atoms with Gasteiger partial charge in [0.1, 0.15) is 5.37 Å². The minimum atomic E-state index is 0.0162. The summed E-state index contributed by atoms with van der Waals surface area (Å²) in [7, 11) is 0. The molecule has 2 aromatic carbocycles. The van der Waals surface area contributed by atoms with Crippen LogP contribution in [0.25, 0.3) is 0 Å². The Morgan fingerprint density at radius 3 is 2.48 bits per heavy atom. The van der Waals surface area contributed by atoms with E-state index in [1.807, 2.05) is 30.0 Å². The Morgan fingerprint density at radius 2 is 1.87 bits per heavy atom. The van der Waals surface area contributed by atoms with Crippen LogP contribution < -0.4 is 4.90 Å². The number of amides is 1. The van der Waals surface area contributed by atoms with Crippen LogP contribution in [0.4, 0.5) is 5.69 Å². The fraction of sp³-hybridized carbons (Fsp3) is 0.316. The summed E-state index contributed by atoms with van der Waals surface area (Å²) in [6.45, 7) is 6.34. The summed E-state index contributed by atoms with van der Waals surface area (Å²) in [6.07, 6.45) is 0. The predicted octanol–water partition coefficient (Wildman–Crippen LogP) is 5.55. The highest BCUT2D eigenvalue weighted by Gasteiger charge is 2.34. The molecule has 1 aliphatic heterocycles. The van der Waals surface area contributed by atoms with Gasteiger partial charge in [-0.3, -0.25) is 9.69 Å². The summed E-state index contributed by atoms with van der Waals surface area (Å²) in [5.41, 5.74) is 4.36. The van der Waals surface area contributed by atoms with E-state index in [0.717, 1.165) is 16.8 Å². The SMILES string of the molecule is Cc1ccc(N2C(=O)CSC2c2ccc(C(C)C)cc2)cc1Cl. The lowest BCUT2D eigenvalue weighted by Crippen LogP contribution is -2.27. The summed E-state index contributed by atoms with van der Waals surface area (Å²) in [5.74, 6) is 1.14. The first kappa shape index (κ1) is 16.4. The molecule has 0 spiro atoms. The summed E-state index contributed by atoms with van der Waals surface area (Å²) in [5, 5.41) is 0.712. The van der Waals surface area contributed by atoms with Crippen molar-refractivity contribution in [1.82, 2.24) is 0 Å². The van der Waals surface area contributed by atoms with E-state index in [2.05, 4.69) is 38.1 Å². The molecule has 1 fully saturated rings. The average molecular weight is 346 g/mol. The van der Waals surface area contributed by atoms with Crippen molar-refractivity contribution in [2.75, 3.05) is 10.7 Å². The molecule has 1 amide bonds. The Kier molecular flexibility index (Phi) is 4.69. The Morgan fingerprint density at radius 1 is 1.17 bits per heavy atom. The van der Waals surface area contributed by atoms with Crippen LogP contribution in [-0.4, -0.2) is 11.7 Å². The Labute approximate surface area is 146 Å². The fourth-order valence-electron chi connectivity index (χ4n) is 2.73. The number of benzene rings is 2. The molecular weight excluding hydrogens is 326 g/mol. The van der Waals surface area contributed by atoms with Gasteiger partial charge in [0, 0.05) is 10.7 Å². The molecule has 0 aromatic heterocycles. The number of nitrogens with zero attached hydrogens (tertiary/aromatic N) is 1. The monoisotopic (exact) mass is 345 g/mol. The van der Waals surface area contributed by atoms with Gasteiger partial charge in [0.15, 0.2) is 0 Å². The lowest BCUT2D eigenvalue weighted by atomic mass is 10.0. The van der Waals surface area contributed by atoms with E-state index in [1.54, 1.807) is 11.8 Å². The number of halogens is 1. The second-order valence-electron chi connectivity index (χ2n) is 6.18. The minimum absolute atomic E-state index is 0.0162. The molecule has 1 atom stereocenters. The van der Waals surface area contributed by atoms with E-state index in [9.17, 15) is 4.79 Å². The van der Waals surface area contributed by atoms with Gasteiger partial charge in [-0.2, -0.15) is 0 Å². The summed E-state index contributed by atoms with van der Waals surface area (Å²) >= 11 is 7.91. The first-order chi connectivity index (χ1) is 11.0. The maximum atomic E-state index is 12.4. The van der Waals surface area contributed by atoms with Crippen molar-refractivity contribution in [3.05, 3.63) is 64.2 Å². The van der Waals surface area contributed by atoms with E-state index < -0.39 is 0 Å². The molecule has 0 radical (unpaired) electrons. The van der Waals surface area contributed by atoms with Gasteiger partial charge in [0.2, 0.25) is 5.91 Å². The van der Waals surface area contributed by atoms with Gasteiger partial charge in [-0.25, -0.2) is 0 Å². The topological polar surface area (TPSA) is 20.3 Å². The molecule has 3 rings (SSSR count). The minimum Gasteiger partial charge on any atom is -0.295 e. The van der Waals surface area contributed by atoms with Gasteiger partial charge in [-0.1, -0.05) is 55.8 Å². The summed E-state index contributed by atoms with van der Waals surface area (Å²) < 4.78 is 0. The highest BCUT2D eigenvalue weighted by molar-refractivity contribution is 8.00. The maximum Gasteiger partial charge on any atom is 0.238 e. The number of hydrogen-bond donors (Lipinski definition) is 0. The molecule has 0 aliphatic carbocycles. The molecule has 2 aromatic rings. The van der Waals surface area contributed by atoms with Crippen LogP contribution in [0.1, 0.15) is 41.8 Å². The molecule has 0 saturated carbocycles. The molecule has 1 unspecified atom stereocenters. The molecule has 2 nitrogen and oxygen atoms in total. The Bertz CT molecular complexity index is 727. The number of rotatable bonds is 3. The van der Waals surface area contributed by atoms with Crippen LogP contribution in [0.15, 0.2) is 42.5 Å². The van der Waals surface area contributed by atoms with Crippen molar-refractivity contribution in [2.45, 2.75) is 32.1 Å². The molecule has 1 aliphatic rings. The number of hydrogen-bond acceptors (Lipinski definition) is 2. The van der Waals surface area contributed by atoms with Gasteiger partial charge in [-0.05, 0) is 41.7 Å². The van der Waals surface area contributed by atoms with Crippen LogP contribution >= 0.6 is 23.4 Å². The van der Waals surface area contributed by atoms with Crippen molar-refractivity contribution in [3.8, 4) is 0 Å². The van der Waals surface area contributed by atoms with Gasteiger partial charge in [0.25, 0.3) is 0 Å². The zero-order chi connectivity index (χ0) is 16.6. The van der Waals surface area contributed by atoms with Crippen LogP contribution in [-0.2, 0) is 4.79 Å². The zero-order valence-corrected chi connectivity index (χ0v) is 15.1. The van der Waals surface area contributed by atoms with E-state index >= 15 is 0 Å². The van der Waals surface area contributed by atoms with Gasteiger partial charge in [0.05, 0.1) is 5.75 Å². The quantitative estimate of drug-likeness (QED) is 0.726. The molecule has 0 N–H and O–H groups in total. The standard InChI is InChI=1S/C19H20ClNOS/c1-12(2)14-5-7-15(8-6-14)19-21(18(22)11-23-19)16-9-4-13(3)17(20)10-16/h4-10,12,19H,11H2,1-3H3. The first-order valence-corrected chi connectivity index (χ1v) is 9.19. The number of thioether (sulfide) groups is 1. The lowest BCUT2D eigenvalue weighted by Gasteiger charge is -2.25. The van der Waals surface area contributed by atoms with E-state index in [4.69, 9.17) is 11.6 Å². The van der Waals surface area contributed by atoms with Crippen LogP contribution in [0.3, 0.4) is 0 Å². The van der Waals surface area contributed by atoms with Crippen molar-refractivity contribution in [3.63, 3.8) is 0 Å². The van der Waals surface area contributed by atoms with Gasteiger partial charge >= 0.3 is 0 Å². The summed E-state index contributed by atoms with van der Waals surface area (Å²) in [4.78, 5) is 14.3. The third-order valence-electron chi connectivity index (χ3n) is 4.19. The molecule has 4 heteroatoms. The number of aryl methyl sites for hydroxylation is 1. The summed E-state index contributed by atoms with van der Waals surface area (Å²) in [6, 6.07) is 14.4. The van der Waals surface area contributed by atoms with E-state index in [1.165, 1.54) is 5.56 Å². The fourth-order valence-corrected chi connectivity index (χ4v) is 4.08.